The zero-order valence-electron chi connectivity index (χ0n) is 11.1. The lowest BCUT2D eigenvalue weighted by Crippen LogP contribution is -2.29. The molecule has 2 aromatic rings. The van der Waals surface area contributed by atoms with E-state index in [1.54, 1.807) is 12.1 Å². The Morgan fingerprint density at radius 3 is 2.85 bits per heavy atom. The van der Waals surface area contributed by atoms with Crippen molar-refractivity contribution >= 4 is 22.7 Å². The van der Waals surface area contributed by atoms with Gasteiger partial charge in [0.15, 0.2) is 0 Å². The van der Waals surface area contributed by atoms with Gasteiger partial charge in [0, 0.05) is 17.6 Å². The van der Waals surface area contributed by atoms with E-state index in [4.69, 9.17) is 0 Å². The van der Waals surface area contributed by atoms with Crippen molar-refractivity contribution in [1.82, 2.24) is 15.1 Å². The van der Waals surface area contributed by atoms with Crippen LogP contribution in [0.15, 0.2) is 24.9 Å². The summed E-state index contributed by atoms with van der Waals surface area (Å²) in [6.07, 6.45) is 5.47. The largest absolute Gasteiger partial charge is 0.317 e. The van der Waals surface area contributed by atoms with Crippen LogP contribution in [0.4, 0.5) is 5.69 Å². The molecule has 1 aromatic heterocycles. The Labute approximate surface area is 116 Å². The molecule has 1 aromatic carbocycles. The van der Waals surface area contributed by atoms with E-state index in [2.05, 4.69) is 17.0 Å². The fourth-order valence-corrected chi connectivity index (χ4v) is 2.67. The summed E-state index contributed by atoms with van der Waals surface area (Å²) >= 11 is 0. The second kappa shape index (κ2) is 5.05. The molecule has 0 bridgehead atoms. The number of nitrogens with zero attached hydrogens (tertiary/aromatic N) is 3. The zero-order valence-corrected chi connectivity index (χ0v) is 11.1. The lowest BCUT2D eigenvalue weighted by atomic mass is 10.1. The van der Waals surface area contributed by atoms with Crippen molar-refractivity contribution in [1.29, 1.82) is 0 Å². The summed E-state index contributed by atoms with van der Waals surface area (Å²) in [6.45, 7) is 5.60. The summed E-state index contributed by atoms with van der Waals surface area (Å²) in [7, 11) is 0. The Hall–Kier alpha value is -2.21. The minimum atomic E-state index is -0.377. The molecule has 0 unspecified atom stereocenters. The second-order valence-corrected chi connectivity index (χ2v) is 5.02. The van der Waals surface area contributed by atoms with E-state index in [-0.39, 0.29) is 10.6 Å². The van der Waals surface area contributed by atoms with Crippen LogP contribution in [0.3, 0.4) is 0 Å². The number of hydrogen-bond acceptors (Lipinski definition) is 4. The van der Waals surface area contributed by atoms with Gasteiger partial charge in [0.05, 0.1) is 22.0 Å². The molecular formula is C14H16N4O2. The van der Waals surface area contributed by atoms with Gasteiger partial charge in [-0.1, -0.05) is 12.7 Å². The van der Waals surface area contributed by atoms with E-state index in [1.165, 1.54) is 6.08 Å². The molecule has 2 heterocycles. The van der Waals surface area contributed by atoms with Gasteiger partial charge in [-0.15, -0.1) is 0 Å². The lowest BCUT2D eigenvalue weighted by molar-refractivity contribution is -0.384. The molecule has 0 saturated carbocycles. The van der Waals surface area contributed by atoms with E-state index in [1.807, 2.05) is 10.9 Å². The van der Waals surface area contributed by atoms with E-state index in [0.717, 1.165) is 36.8 Å². The van der Waals surface area contributed by atoms with Crippen molar-refractivity contribution in [3.8, 4) is 0 Å². The molecule has 104 valence electrons. The molecule has 1 N–H and O–H groups in total. The molecular weight excluding hydrogens is 256 g/mol. The number of nitro benzene ring substituents is 1. The first kappa shape index (κ1) is 12.8. The van der Waals surface area contributed by atoms with Crippen LogP contribution in [-0.4, -0.2) is 27.8 Å². The highest BCUT2D eigenvalue weighted by atomic mass is 16.6. The van der Waals surface area contributed by atoms with Crippen LogP contribution in [0.25, 0.3) is 17.0 Å². The fourth-order valence-electron chi connectivity index (χ4n) is 2.67. The first-order valence-electron chi connectivity index (χ1n) is 6.69. The molecule has 0 spiro atoms. The van der Waals surface area contributed by atoms with Gasteiger partial charge in [-0.25, -0.2) is 0 Å². The smallest absolute Gasteiger partial charge is 0.277 e. The first-order valence-corrected chi connectivity index (χ1v) is 6.69. The number of hydrogen-bond donors (Lipinski definition) is 1. The zero-order chi connectivity index (χ0) is 14.1. The van der Waals surface area contributed by atoms with Gasteiger partial charge in [0.25, 0.3) is 5.69 Å². The van der Waals surface area contributed by atoms with Gasteiger partial charge in [-0.3, -0.25) is 14.8 Å². The van der Waals surface area contributed by atoms with Crippen molar-refractivity contribution in [2.24, 2.45) is 0 Å². The predicted molar refractivity (Wildman–Crippen MR) is 77.6 cm³/mol. The SMILES string of the molecule is C=Cc1cc2nn(C3CCNCC3)cc2cc1[N+](=O)[O-]. The number of piperidine rings is 1. The van der Waals surface area contributed by atoms with Gasteiger partial charge >= 0.3 is 0 Å². The van der Waals surface area contributed by atoms with Gasteiger partial charge < -0.3 is 5.32 Å². The molecule has 6 heteroatoms. The Bertz CT molecular complexity index is 671. The Balaban J connectivity index is 2.06. The monoisotopic (exact) mass is 272 g/mol. The third-order valence-corrected chi connectivity index (χ3v) is 3.77. The molecule has 0 amide bonds. The lowest BCUT2D eigenvalue weighted by Gasteiger charge is -2.22. The molecule has 1 aliphatic heterocycles. The highest BCUT2D eigenvalue weighted by molar-refractivity contribution is 5.85. The molecule has 1 fully saturated rings. The van der Waals surface area contributed by atoms with Crippen LogP contribution in [0.5, 0.6) is 0 Å². The van der Waals surface area contributed by atoms with Crippen LogP contribution in [-0.2, 0) is 0 Å². The van der Waals surface area contributed by atoms with Crippen molar-refractivity contribution < 1.29 is 4.92 Å². The normalized spacial score (nSPS) is 16.4. The number of nitro groups is 1. The van der Waals surface area contributed by atoms with Crippen LogP contribution < -0.4 is 5.32 Å². The minimum absolute atomic E-state index is 0.0809. The van der Waals surface area contributed by atoms with Crippen molar-refractivity contribution in [2.45, 2.75) is 18.9 Å². The second-order valence-electron chi connectivity index (χ2n) is 5.02. The van der Waals surface area contributed by atoms with Gasteiger partial charge in [0.1, 0.15) is 0 Å². The maximum absolute atomic E-state index is 11.1. The van der Waals surface area contributed by atoms with E-state index < -0.39 is 0 Å². The molecule has 0 aliphatic carbocycles. The van der Waals surface area contributed by atoms with Gasteiger partial charge in [0.2, 0.25) is 0 Å². The molecule has 3 rings (SSSR count). The van der Waals surface area contributed by atoms with Gasteiger partial charge in [-0.2, -0.15) is 5.10 Å². The summed E-state index contributed by atoms with van der Waals surface area (Å²) in [5.74, 6) is 0. The van der Waals surface area contributed by atoms with Crippen LogP contribution in [0.2, 0.25) is 0 Å². The van der Waals surface area contributed by atoms with Crippen LogP contribution in [0, 0.1) is 10.1 Å². The quantitative estimate of drug-likeness (QED) is 0.688. The van der Waals surface area contributed by atoms with Crippen molar-refractivity contribution in [3.63, 3.8) is 0 Å². The average Bonchev–Trinajstić information content (AvgIpc) is 2.89. The number of benzene rings is 1. The molecule has 20 heavy (non-hydrogen) atoms. The average molecular weight is 272 g/mol. The number of rotatable bonds is 3. The summed E-state index contributed by atoms with van der Waals surface area (Å²) in [6, 6.07) is 3.68. The highest BCUT2D eigenvalue weighted by Crippen LogP contribution is 2.28. The third-order valence-electron chi connectivity index (χ3n) is 3.77. The highest BCUT2D eigenvalue weighted by Gasteiger charge is 2.19. The van der Waals surface area contributed by atoms with Gasteiger partial charge in [-0.05, 0) is 32.0 Å². The summed E-state index contributed by atoms with van der Waals surface area (Å²) in [5.41, 5.74) is 1.37. The topological polar surface area (TPSA) is 73.0 Å². The van der Waals surface area contributed by atoms with E-state index in [9.17, 15) is 10.1 Å². The van der Waals surface area contributed by atoms with Crippen molar-refractivity contribution in [3.05, 3.63) is 40.6 Å². The molecule has 0 radical (unpaired) electrons. The molecule has 6 nitrogen and oxygen atoms in total. The Morgan fingerprint density at radius 1 is 1.45 bits per heavy atom. The van der Waals surface area contributed by atoms with Crippen LogP contribution >= 0.6 is 0 Å². The van der Waals surface area contributed by atoms with E-state index in [0.29, 0.717) is 11.6 Å². The molecule has 1 aliphatic rings. The number of aromatic nitrogens is 2. The Kier molecular flexibility index (Phi) is 3.23. The summed E-state index contributed by atoms with van der Waals surface area (Å²) in [5, 5.41) is 19.7. The fraction of sp³-hybridized carbons (Fsp3) is 0.357. The maximum atomic E-state index is 11.1. The third kappa shape index (κ3) is 2.18. The minimum Gasteiger partial charge on any atom is -0.317 e. The van der Waals surface area contributed by atoms with E-state index >= 15 is 0 Å². The number of nitrogens with one attached hydrogen (secondary N) is 1. The van der Waals surface area contributed by atoms with Crippen molar-refractivity contribution in [2.75, 3.05) is 13.1 Å². The number of fused-ring (bicyclic) bond motifs is 1. The predicted octanol–water partition coefficient (Wildman–Crippen LogP) is 2.51. The Morgan fingerprint density at radius 2 is 2.20 bits per heavy atom. The molecule has 0 atom stereocenters. The summed E-state index contributed by atoms with van der Waals surface area (Å²) < 4.78 is 1.95. The maximum Gasteiger partial charge on any atom is 0.277 e. The van der Waals surface area contributed by atoms with Crippen LogP contribution in [0.1, 0.15) is 24.4 Å². The summed E-state index contributed by atoms with van der Waals surface area (Å²) in [4.78, 5) is 10.7. The molecule has 1 saturated heterocycles. The standard InChI is InChI=1S/C14H16N4O2/c1-2-10-7-13-11(8-14(10)18(19)20)9-17(16-13)12-3-5-15-6-4-12/h2,7-9,12,15H,1,3-6H2. The first-order chi connectivity index (χ1) is 9.69.